The van der Waals surface area contributed by atoms with Crippen LogP contribution in [-0.2, 0) is 16.3 Å². The number of hydrogen-bond acceptors (Lipinski definition) is 7. The fourth-order valence-electron chi connectivity index (χ4n) is 3.10. The molecule has 0 amide bonds. The second kappa shape index (κ2) is 9.51. The molecule has 0 saturated heterocycles. The van der Waals surface area contributed by atoms with Gasteiger partial charge in [-0.1, -0.05) is 32.9 Å². The standard InChI is InChI=1S/C23H28N4O3S/c1-5-15(3)19(24)11-12-20-16(4)30-23(25-20)18-9-7-17(8-10-18)21-13-14-22(27-26-21)31(28,29)6-2/h7-10,13-15,24H,5-6,11-12H2,1-4H3. The number of aryl methyl sites for hydroxylation is 2. The molecule has 2 aromatic heterocycles. The van der Waals surface area contributed by atoms with Gasteiger partial charge in [0.2, 0.25) is 5.89 Å². The van der Waals surface area contributed by atoms with Crippen molar-refractivity contribution in [2.75, 3.05) is 5.75 Å². The van der Waals surface area contributed by atoms with Crippen LogP contribution in [0.25, 0.3) is 22.7 Å². The van der Waals surface area contributed by atoms with Gasteiger partial charge in [0.1, 0.15) is 5.76 Å². The van der Waals surface area contributed by atoms with Gasteiger partial charge in [-0.25, -0.2) is 13.4 Å². The topological polar surface area (TPSA) is 110 Å². The molecule has 1 atom stereocenters. The largest absolute Gasteiger partial charge is 0.441 e. The Balaban J connectivity index is 1.74. The molecule has 0 aliphatic carbocycles. The highest BCUT2D eigenvalue weighted by molar-refractivity contribution is 7.91. The van der Waals surface area contributed by atoms with Crippen molar-refractivity contribution < 1.29 is 12.8 Å². The highest BCUT2D eigenvalue weighted by Gasteiger charge is 2.16. The van der Waals surface area contributed by atoms with E-state index < -0.39 is 9.84 Å². The van der Waals surface area contributed by atoms with Crippen molar-refractivity contribution in [1.29, 1.82) is 5.41 Å². The summed E-state index contributed by atoms with van der Waals surface area (Å²) in [6.45, 7) is 7.64. The average Bonchev–Trinajstić information content (AvgIpc) is 3.17. The van der Waals surface area contributed by atoms with Gasteiger partial charge < -0.3 is 9.83 Å². The first-order valence-corrected chi connectivity index (χ1v) is 12.1. The number of oxazole rings is 1. The summed E-state index contributed by atoms with van der Waals surface area (Å²) in [6, 6.07) is 10.7. The number of benzene rings is 1. The molecule has 3 rings (SSSR count). The summed E-state index contributed by atoms with van der Waals surface area (Å²) < 4.78 is 29.6. The van der Waals surface area contributed by atoms with Crippen LogP contribution in [0.1, 0.15) is 45.1 Å². The Morgan fingerprint density at radius 3 is 2.32 bits per heavy atom. The highest BCUT2D eigenvalue weighted by atomic mass is 32.2. The third kappa shape index (κ3) is 5.25. The van der Waals surface area contributed by atoms with Crippen molar-refractivity contribution in [3.8, 4) is 22.7 Å². The van der Waals surface area contributed by atoms with Crippen molar-refractivity contribution in [2.45, 2.75) is 52.0 Å². The van der Waals surface area contributed by atoms with Crippen LogP contribution in [-0.4, -0.2) is 35.1 Å². The number of hydrogen-bond donors (Lipinski definition) is 1. The van der Waals surface area contributed by atoms with Gasteiger partial charge in [0.15, 0.2) is 14.9 Å². The zero-order chi connectivity index (χ0) is 22.6. The number of rotatable bonds is 9. The molecule has 3 aromatic rings. The summed E-state index contributed by atoms with van der Waals surface area (Å²) in [4.78, 5) is 4.63. The summed E-state index contributed by atoms with van der Waals surface area (Å²) in [5.41, 5.74) is 3.88. The lowest BCUT2D eigenvalue weighted by Gasteiger charge is -2.09. The van der Waals surface area contributed by atoms with Crippen LogP contribution in [0.2, 0.25) is 0 Å². The summed E-state index contributed by atoms with van der Waals surface area (Å²) in [5, 5.41) is 16.0. The Kier molecular flexibility index (Phi) is 7.00. The molecule has 0 radical (unpaired) electrons. The van der Waals surface area contributed by atoms with Gasteiger partial charge >= 0.3 is 0 Å². The van der Waals surface area contributed by atoms with Gasteiger partial charge in [-0.05, 0) is 56.4 Å². The minimum atomic E-state index is -3.37. The fraction of sp³-hybridized carbons (Fsp3) is 0.391. The predicted molar refractivity (Wildman–Crippen MR) is 121 cm³/mol. The van der Waals surface area contributed by atoms with Crippen LogP contribution in [0.4, 0.5) is 0 Å². The summed E-state index contributed by atoms with van der Waals surface area (Å²) >= 11 is 0. The van der Waals surface area contributed by atoms with Crippen LogP contribution < -0.4 is 0 Å². The van der Waals surface area contributed by atoms with Gasteiger partial charge in [-0.2, -0.15) is 0 Å². The molecule has 0 fully saturated rings. The summed E-state index contributed by atoms with van der Waals surface area (Å²) in [5.74, 6) is 1.60. The highest BCUT2D eigenvalue weighted by Crippen LogP contribution is 2.26. The third-order valence-electron chi connectivity index (χ3n) is 5.50. The first-order valence-electron chi connectivity index (χ1n) is 10.5. The SMILES string of the molecule is CCC(C)C(=N)CCc1nc(-c2ccc(-c3ccc(S(=O)(=O)CC)nn3)cc2)oc1C. The van der Waals surface area contributed by atoms with E-state index in [2.05, 4.69) is 29.0 Å². The maximum absolute atomic E-state index is 11.9. The van der Waals surface area contributed by atoms with Crippen LogP contribution in [0, 0.1) is 18.3 Å². The Labute approximate surface area is 183 Å². The second-order valence-corrected chi connectivity index (χ2v) is 9.82. The smallest absolute Gasteiger partial charge is 0.226 e. The molecular formula is C23H28N4O3S. The monoisotopic (exact) mass is 440 g/mol. The maximum atomic E-state index is 11.9. The number of nitrogens with zero attached hydrogens (tertiary/aromatic N) is 3. The average molecular weight is 441 g/mol. The summed E-state index contributed by atoms with van der Waals surface area (Å²) in [6.07, 6.45) is 2.35. The van der Waals surface area contributed by atoms with Gasteiger partial charge in [-0.15, -0.1) is 10.2 Å². The molecular weight excluding hydrogens is 412 g/mol. The number of aromatic nitrogens is 3. The molecule has 1 unspecified atom stereocenters. The van der Waals surface area contributed by atoms with Crippen LogP contribution in [0.3, 0.4) is 0 Å². The van der Waals surface area contributed by atoms with Crippen molar-refractivity contribution in [3.63, 3.8) is 0 Å². The first kappa shape index (κ1) is 22.8. The van der Waals surface area contributed by atoms with E-state index in [1.165, 1.54) is 6.07 Å². The Morgan fingerprint density at radius 2 is 1.74 bits per heavy atom. The van der Waals surface area contributed by atoms with Crippen molar-refractivity contribution >= 4 is 15.5 Å². The quantitative estimate of drug-likeness (QED) is 0.474. The van der Waals surface area contributed by atoms with E-state index in [0.29, 0.717) is 30.3 Å². The van der Waals surface area contributed by atoms with Gasteiger partial charge in [0.25, 0.3) is 0 Å². The molecule has 0 saturated carbocycles. The first-order chi connectivity index (χ1) is 14.7. The zero-order valence-electron chi connectivity index (χ0n) is 18.3. The van der Waals surface area contributed by atoms with E-state index in [1.807, 2.05) is 31.2 Å². The lowest BCUT2D eigenvalue weighted by atomic mass is 9.98. The van der Waals surface area contributed by atoms with Crippen molar-refractivity contribution in [1.82, 2.24) is 15.2 Å². The van der Waals surface area contributed by atoms with Gasteiger partial charge in [0, 0.05) is 16.8 Å². The Bertz CT molecular complexity index is 1150. The van der Waals surface area contributed by atoms with E-state index in [9.17, 15) is 8.42 Å². The molecule has 8 heteroatoms. The van der Waals surface area contributed by atoms with E-state index >= 15 is 0 Å². The normalized spacial score (nSPS) is 12.6. The van der Waals surface area contributed by atoms with E-state index in [4.69, 9.17) is 9.83 Å². The molecule has 1 N–H and O–H groups in total. The molecule has 31 heavy (non-hydrogen) atoms. The minimum Gasteiger partial charge on any atom is -0.441 e. The van der Waals surface area contributed by atoms with Crippen molar-refractivity contribution in [3.05, 3.63) is 47.9 Å². The van der Waals surface area contributed by atoms with E-state index in [-0.39, 0.29) is 10.8 Å². The summed E-state index contributed by atoms with van der Waals surface area (Å²) in [7, 11) is -3.37. The molecule has 0 bridgehead atoms. The lowest BCUT2D eigenvalue weighted by Crippen LogP contribution is -2.10. The molecule has 0 aliphatic heterocycles. The number of sulfone groups is 1. The lowest BCUT2D eigenvalue weighted by molar-refractivity contribution is 0.539. The van der Waals surface area contributed by atoms with Crippen LogP contribution in [0.15, 0.2) is 45.8 Å². The Hall–Kier alpha value is -2.87. The molecule has 1 aromatic carbocycles. The molecule has 0 aliphatic rings. The Morgan fingerprint density at radius 1 is 1.06 bits per heavy atom. The molecule has 2 heterocycles. The van der Waals surface area contributed by atoms with Crippen LogP contribution >= 0.6 is 0 Å². The maximum Gasteiger partial charge on any atom is 0.226 e. The second-order valence-electron chi connectivity index (χ2n) is 7.59. The molecule has 0 spiro atoms. The van der Waals surface area contributed by atoms with Gasteiger partial charge in [0.05, 0.1) is 17.1 Å². The molecule has 7 nitrogen and oxygen atoms in total. The third-order valence-corrected chi connectivity index (χ3v) is 7.11. The van der Waals surface area contributed by atoms with Crippen LogP contribution in [0.5, 0.6) is 0 Å². The van der Waals surface area contributed by atoms with Gasteiger partial charge in [-0.3, -0.25) is 0 Å². The van der Waals surface area contributed by atoms with Crippen molar-refractivity contribution in [2.24, 2.45) is 5.92 Å². The fourth-order valence-corrected chi connectivity index (χ4v) is 3.84. The van der Waals surface area contributed by atoms with E-state index in [0.717, 1.165) is 34.7 Å². The zero-order valence-corrected chi connectivity index (χ0v) is 19.2. The molecule has 164 valence electrons. The predicted octanol–water partition coefficient (Wildman–Crippen LogP) is 4.90. The number of nitrogens with one attached hydrogen (secondary N) is 1. The van der Waals surface area contributed by atoms with E-state index in [1.54, 1.807) is 13.0 Å². The minimum absolute atomic E-state index is 0.00790.